The van der Waals surface area contributed by atoms with Gasteiger partial charge >= 0.3 is 0 Å². The third kappa shape index (κ3) is 7.84. The summed E-state index contributed by atoms with van der Waals surface area (Å²) in [5, 5.41) is 2.84. The van der Waals surface area contributed by atoms with E-state index in [-0.39, 0.29) is 36.5 Å². The summed E-state index contributed by atoms with van der Waals surface area (Å²) in [5.41, 5.74) is 7.76. The van der Waals surface area contributed by atoms with E-state index in [4.69, 9.17) is 5.73 Å². The molecule has 0 radical (unpaired) electrons. The van der Waals surface area contributed by atoms with Crippen LogP contribution in [0.25, 0.3) is 0 Å². The second kappa shape index (κ2) is 11.8. The number of hydrogen-bond acceptors (Lipinski definition) is 3. The molecule has 0 saturated heterocycles. The molecule has 0 bridgehead atoms. The number of amides is 1. The molecule has 1 unspecified atom stereocenters. The Morgan fingerprint density at radius 1 is 1.12 bits per heavy atom. The van der Waals surface area contributed by atoms with E-state index in [2.05, 4.69) is 10.2 Å². The van der Waals surface area contributed by atoms with Crippen LogP contribution in [0.15, 0.2) is 54.6 Å². The number of hydrogen-bond donors (Lipinski definition) is 2. The molecule has 0 fully saturated rings. The predicted octanol–water partition coefficient (Wildman–Crippen LogP) is 2.92. The van der Waals surface area contributed by atoms with Gasteiger partial charge in [0.05, 0.1) is 0 Å². The minimum Gasteiger partial charge on any atom is -0.353 e. The van der Waals surface area contributed by atoms with Crippen LogP contribution >= 0.6 is 24.8 Å². The van der Waals surface area contributed by atoms with Crippen LogP contribution in [-0.2, 0) is 11.3 Å². The predicted molar refractivity (Wildman–Crippen MR) is 104 cm³/mol. The van der Waals surface area contributed by atoms with Gasteiger partial charge in [-0.05, 0) is 30.3 Å². The fraction of sp³-hybridized carbons (Fsp3) is 0.278. The van der Waals surface area contributed by atoms with Gasteiger partial charge in [-0.15, -0.1) is 24.8 Å². The van der Waals surface area contributed by atoms with Crippen molar-refractivity contribution >= 4 is 30.7 Å². The van der Waals surface area contributed by atoms with Crippen molar-refractivity contribution in [2.45, 2.75) is 12.6 Å². The van der Waals surface area contributed by atoms with Gasteiger partial charge in [0.2, 0.25) is 5.91 Å². The lowest BCUT2D eigenvalue weighted by molar-refractivity contribution is -0.122. The molecule has 0 heterocycles. The average Bonchev–Trinajstić information content (AvgIpc) is 2.57. The third-order valence-corrected chi connectivity index (χ3v) is 3.60. The smallest absolute Gasteiger partial charge is 0.241 e. The van der Waals surface area contributed by atoms with Gasteiger partial charge < -0.3 is 16.0 Å². The van der Waals surface area contributed by atoms with Crippen molar-refractivity contribution in [1.29, 1.82) is 0 Å². The zero-order valence-corrected chi connectivity index (χ0v) is 15.7. The Hall–Kier alpha value is -1.66. The molecule has 4 nitrogen and oxygen atoms in total. The van der Waals surface area contributed by atoms with Crippen LogP contribution in [0.1, 0.15) is 17.2 Å². The van der Waals surface area contributed by atoms with Gasteiger partial charge in [-0.1, -0.05) is 42.5 Å². The number of carbonyl (C=O) groups is 1. The Morgan fingerprint density at radius 3 is 2.32 bits per heavy atom. The third-order valence-electron chi connectivity index (χ3n) is 3.60. The Bertz CT molecular complexity index is 626. The summed E-state index contributed by atoms with van der Waals surface area (Å²) in [6.45, 7) is 1.89. The maximum absolute atomic E-state index is 12.9. The average molecular weight is 388 g/mol. The highest BCUT2D eigenvalue weighted by molar-refractivity contribution is 5.85. The molecule has 0 aliphatic rings. The van der Waals surface area contributed by atoms with Crippen molar-refractivity contribution in [2.24, 2.45) is 5.73 Å². The maximum Gasteiger partial charge on any atom is 0.241 e. The molecule has 0 aliphatic carbocycles. The van der Waals surface area contributed by atoms with Gasteiger partial charge in [0.25, 0.3) is 0 Å². The molecule has 1 amide bonds. The van der Waals surface area contributed by atoms with Crippen LogP contribution in [0.3, 0.4) is 0 Å². The van der Waals surface area contributed by atoms with Crippen molar-refractivity contribution in [3.63, 3.8) is 0 Å². The number of rotatable bonds is 7. The van der Waals surface area contributed by atoms with Gasteiger partial charge in [0.1, 0.15) is 11.9 Å². The molecule has 0 saturated carbocycles. The lowest BCUT2D eigenvalue weighted by Crippen LogP contribution is -2.38. The van der Waals surface area contributed by atoms with E-state index < -0.39 is 6.04 Å². The minimum atomic E-state index is -0.654. The monoisotopic (exact) mass is 387 g/mol. The van der Waals surface area contributed by atoms with Crippen LogP contribution in [0.2, 0.25) is 0 Å². The molecular weight excluding hydrogens is 364 g/mol. The molecule has 138 valence electrons. The van der Waals surface area contributed by atoms with Crippen LogP contribution in [0.5, 0.6) is 0 Å². The van der Waals surface area contributed by atoms with Crippen molar-refractivity contribution in [2.75, 3.05) is 20.1 Å². The number of likely N-dealkylation sites (N-methyl/N-ethyl adjacent to an activating group) is 1. The number of nitrogens with one attached hydrogen (secondary N) is 1. The minimum absolute atomic E-state index is 0. The number of nitrogens with two attached hydrogens (primary N) is 1. The quantitative estimate of drug-likeness (QED) is 0.767. The van der Waals surface area contributed by atoms with E-state index in [1.165, 1.54) is 12.1 Å². The van der Waals surface area contributed by atoms with Crippen LogP contribution in [0, 0.1) is 5.82 Å². The Labute approximate surface area is 160 Å². The first-order valence-electron chi connectivity index (χ1n) is 7.57. The van der Waals surface area contributed by atoms with E-state index in [1.807, 2.05) is 37.4 Å². The largest absolute Gasteiger partial charge is 0.353 e. The Balaban J connectivity index is 0.00000288. The van der Waals surface area contributed by atoms with E-state index in [1.54, 1.807) is 12.1 Å². The first-order chi connectivity index (χ1) is 11.1. The van der Waals surface area contributed by atoms with Gasteiger partial charge in [0, 0.05) is 19.6 Å². The van der Waals surface area contributed by atoms with Crippen molar-refractivity contribution in [3.05, 3.63) is 71.5 Å². The molecule has 0 aliphatic heterocycles. The first kappa shape index (κ1) is 23.3. The summed E-state index contributed by atoms with van der Waals surface area (Å²) >= 11 is 0. The van der Waals surface area contributed by atoms with E-state index in [9.17, 15) is 9.18 Å². The molecule has 7 heteroatoms. The van der Waals surface area contributed by atoms with E-state index >= 15 is 0 Å². The van der Waals surface area contributed by atoms with Crippen LogP contribution in [0.4, 0.5) is 4.39 Å². The van der Waals surface area contributed by atoms with E-state index in [0.29, 0.717) is 19.6 Å². The maximum atomic E-state index is 12.9. The number of benzene rings is 2. The van der Waals surface area contributed by atoms with Gasteiger partial charge in [0.15, 0.2) is 0 Å². The van der Waals surface area contributed by atoms with Crippen molar-refractivity contribution in [3.8, 4) is 0 Å². The Morgan fingerprint density at radius 2 is 1.72 bits per heavy atom. The molecular formula is C18H24Cl2FN3O. The molecule has 2 rings (SSSR count). The summed E-state index contributed by atoms with van der Waals surface area (Å²) in [7, 11) is 1.95. The fourth-order valence-corrected chi connectivity index (χ4v) is 2.27. The van der Waals surface area contributed by atoms with Crippen molar-refractivity contribution in [1.82, 2.24) is 10.2 Å². The summed E-state index contributed by atoms with van der Waals surface area (Å²) < 4.78 is 12.9. The number of nitrogens with zero attached hydrogens (tertiary/aromatic N) is 1. The zero-order chi connectivity index (χ0) is 16.7. The lowest BCUT2D eigenvalue weighted by atomic mass is 10.1. The number of carbonyl (C=O) groups excluding carboxylic acids is 1. The van der Waals surface area contributed by atoms with Crippen molar-refractivity contribution < 1.29 is 9.18 Å². The summed E-state index contributed by atoms with van der Waals surface area (Å²) in [6, 6.07) is 15.0. The van der Waals surface area contributed by atoms with E-state index in [0.717, 1.165) is 11.1 Å². The molecule has 0 spiro atoms. The molecule has 1 atom stereocenters. The molecule has 0 aromatic heterocycles. The summed E-state index contributed by atoms with van der Waals surface area (Å²) in [4.78, 5) is 14.1. The van der Waals surface area contributed by atoms with Crippen LogP contribution in [-0.4, -0.2) is 30.9 Å². The first-order valence-corrected chi connectivity index (χ1v) is 7.57. The second-order valence-corrected chi connectivity index (χ2v) is 5.54. The molecule has 25 heavy (non-hydrogen) atoms. The van der Waals surface area contributed by atoms with Crippen LogP contribution < -0.4 is 11.1 Å². The Kier molecular flexibility index (Phi) is 11.0. The highest BCUT2D eigenvalue weighted by Crippen LogP contribution is 2.09. The SMILES string of the molecule is CN(CCNC(=O)C(N)c1ccccc1)Cc1ccc(F)cc1.Cl.Cl. The molecule has 2 aromatic rings. The normalized spacial score (nSPS) is 11.2. The highest BCUT2D eigenvalue weighted by Gasteiger charge is 2.14. The van der Waals surface area contributed by atoms with Gasteiger partial charge in [-0.3, -0.25) is 4.79 Å². The van der Waals surface area contributed by atoms with Gasteiger partial charge in [-0.2, -0.15) is 0 Å². The highest BCUT2D eigenvalue weighted by atomic mass is 35.5. The lowest BCUT2D eigenvalue weighted by Gasteiger charge is -2.18. The zero-order valence-electron chi connectivity index (χ0n) is 14.0. The van der Waals surface area contributed by atoms with Gasteiger partial charge in [-0.25, -0.2) is 4.39 Å². The summed E-state index contributed by atoms with van der Waals surface area (Å²) in [5.74, 6) is -0.426. The fourth-order valence-electron chi connectivity index (χ4n) is 2.27. The molecule has 3 N–H and O–H groups in total. The summed E-state index contributed by atoms with van der Waals surface area (Å²) in [6.07, 6.45) is 0. The molecule has 2 aromatic carbocycles. The second-order valence-electron chi connectivity index (χ2n) is 5.54. The topological polar surface area (TPSA) is 58.4 Å². The standard InChI is InChI=1S/C18H22FN3O.2ClH/c1-22(13-14-7-9-16(19)10-8-14)12-11-21-18(23)17(20)15-5-3-2-4-6-15;;/h2-10,17H,11-13,20H2,1H3,(H,21,23);2*1H. The number of halogens is 3.